The third-order valence-electron chi connectivity index (χ3n) is 4.87. The van der Waals surface area contributed by atoms with E-state index in [2.05, 4.69) is 10.3 Å². The Morgan fingerprint density at radius 2 is 1.59 bits per heavy atom. The van der Waals surface area contributed by atoms with E-state index in [1.165, 1.54) is 11.3 Å². The number of thiazole rings is 1. The Balaban J connectivity index is 1.51. The van der Waals surface area contributed by atoms with E-state index in [-0.39, 0.29) is 16.8 Å². The number of aromatic nitrogens is 1. The fraction of sp³-hybridized carbons (Fsp3) is 0.0833. The van der Waals surface area contributed by atoms with E-state index in [0.717, 1.165) is 16.0 Å². The summed E-state index contributed by atoms with van der Waals surface area (Å²) in [4.78, 5) is 30.1. The van der Waals surface area contributed by atoms with Crippen LogP contribution in [0.2, 0.25) is 0 Å². The molecule has 0 aliphatic carbocycles. The molecule has 32 heavy (non-hydrogen) atoms. The van der Waals surface area contributed by atoms with Crippen LogP contribution >= 0.6 is 23.6 Å². The number of aryl methyl sites for hydroxylation is 1. The lowest BCUT2D eigenvalue weighted by atomic mass is 10.0. The second-order valence-electron chi connectivity index (χ2n) is 6.89. The maximum atomic E-state index is 12.6. The number of para-hydroxylation sites is 1. The molecule has 0 bridgehead atoms. The standard InChI is InChI=1S/C24H19N3O3S2/c1-27-20-18(30-2)9-6-10-19(20)32-24(27)26-23(31)25-22(29)17-13-11-16(12-14-17)21(28)15-7-4-3-5-8-15/h3-14H,1-2H3,(H,25,29,31)/b26-24-. The Kier molecular flexibility index (Phi) is 6.25. The normalized spacial score (nSPS) is 11.4. The molecule has 1 N–H and O–H groups in total. The molecular formula is C24H19N3O3S2. The highest BCUT2D eigenvalue weighted by Crippen LogP contribution is 2.26. The number of rotatable bonds is 4. The summed E-state index contributed by atoms with van der Waals surface area (Å²) in [6.45, 7) is 0. The van der Waals surface area contributed by atoms with Crippen LogP contribution in [0.4, 0.5) is 0 Å². The summed E-state index contributed by atoms with van der Waals surface area (Å²) in [5.74, 6) is 0.248. The van der Waals surface area contributed by atoms with E-state index < -0.39 is 0 Å². The lowest BCUT2D eigenvalue weighted by Crippen LogP contribution is -2.29. The first-order chi connectivity index (χ1) is 15.5. The molecule has 4 aromatic rings. The average molecular weight is 462 g/mol. The molecule has 4 rings (SSSR count). The van der Waals surface area contributed by atoms with Crippen molar-refractivity contribution < 1.29 is 14.3 Å². The van der Waals surface area contributed by atoms with Crippen molar-refractivity contribution in [2.75, 3.05) is 7.11 Å². The van der Waals surface area contributed by atoms with Crippen molar-refractivity contribution in [1.82, 2.24) is 9.88 Å². The van der Waals surface area contributed by atoms with Gasteiger partial charge in [0.1, 0.15) is 11.3 Å². The van der Waals surface area contributed by atoms with Crippen molar-refractivity contribution >= 4 is 50.6 Å². The lowest BCUT2D eigenvalue weighted by Gasteiger charge is -2.05. The highest BCUT2D eigenvalue weighted by Gasteiger charge is 2.13. The van der Waals surface area contributed by atoms with Gasteiger partial charge in [-0.05, 0) is 36.5 Å². The molecule has 1 aromatic heterocycles. The molecule has 1 amide bonds. The van der Waals surface area contributed by atoms with Crippen LogP contribution in [-0.2, 0) is 7.05 Å². The van der Waals surface area contributed by atoms with Crippen molar-refractivity contribution in [2.45, 2.75) is 0 Å². The van der Waals surface area contributed by atoms with Gasteiger partial charge < -0.3 is 9.30 Å². The van der Waals surface area contributed by atoms with Gasteiger partial charge in [0, 0.05) is 23.7 Å². The predicted octanol–water partition coefficient (Wildman–Crippen LogP) is 4.10. The summed E-state index contributed by atoms with van der Waals surface area (Å²) in [6.07, 6.45) is 0. The van der Waals surface area contributed by atoms with Crippen LogP contribution in [0.15, 0.2) is 77.8 Å². The molecule has 0 unspecified atom stereocenters. The smallest absolute Gasteiger partial charge is 0.257 e. The molecule has 0 fully saturated rings. The number of nitrogens with zero attached hydrogens (tertiary/aromatic N) is 2. The fourth-order valence-corrected chi connectivity index (χ4v) is 4.53. The summed E-state index contributed by atoms with van der Waals surface area (Å²) in [7, 11) is 3.49. The van der Waals surface area contributed by atoms with Gasteiger partial charge in [-0.1, -0.05) is 59.9 Å². The van der Waals surface area contributed by atoms with Gasteiger partial charge in [-0.3, -0.25) is 14.9 Å². The van der Waals surface area contributed by atoms with E-state index in [9.17, 15) is 9.59 Å². The SMILES string of the molecule is COc1cccc2s/c(=N\C(=S)NC(=O)c3ccc(C(=O)c4ccccc4)cc3)n(C)c12. The summed E-state index contributed by atoms with van der Waals surface area (Å²) >= 11 is 6.73. The minimum Gasteiger partial charge on any atom is -0.495 e. The Morgan fingerprint density at radius 1 is 0.938 bits per heavy atom. The van der Waals surface area contributed by atoms with E-state index in [4.69, 9.17) is 17.0 Å². The van der Waals surface area contributed by atoms with Crippen LogP contribution in [0.1, 0.15) is 26.3 Å². The Hall–Kier alpha value is -3.62. The Morgan fingerprint density at radius 3 is 2.28 bits per heavy atom. The largest absolute Gasteiger partial charge is 0.495 e. The van der Waals surface area contributed by atoms with Gasteiger partial charge in [0.15, 0.2) is 10.6 Å². The zero-order chi connectivity index (χ0) is 22.7. The van der Waals surface area contributed by atoms with Gasteiger partial charge in [0.2, 0.25) is 5.11 Å². The van der Waals surface area contributed by atoms with Gasteiger partial charge in [0.05, 0.1) is 11.8 Å². The first kappa shape index (κ1) is 21.6. The number of carbonyl (C=O) groups excluding carboxylic acids is 2. The van der Waals surface area contributed by atoms with Crippen LogP contribution < -0.4 is 14.9 Å². The molecule has 0 spiro atoms. The monoisotopic (exact) mass is 461 g/mol. The van der Waals surface area contributed by atoms with Crippen molar-refractivity contribution in [2.24, 2.45) is 12.0 Å². The quantitative estimate of drug-likeness (QED) is 0.367. The highest BCUT2D eigenvalue weighted by atomic mass is 32.1. The molecule has 0 saturated heterocycles. The van der Waals surface area contributed by atoms with Crippen molar-refractivity contribution in [3.8, 4) is 5.75 Å². The maximum absolute atomic E-state index is 12.6. The number of ketones is 1. The van der Waals surface area contributed by atoms with Crippen molar-refractivity contribution in [1.29, 1.82) is 0 Å². The van der Waals surface area contributed by atoms with Gasteiger partial charge in [-0.25, -0.2) is 0 Å². The molecule has 0 atom stereocenters. The number of ether oxygens (including phenoxy) is 1. The summed E-state index contributed by atoms with van der Waals surface area (Å²) in [5, 5.41) is 2.68. The minimum atomic E-state index is -0.390. The molecule has 0 aliphatic rings. The zero-order valence-corrected chi connectivity index (χ0v) is 19.0. The molecule has 0 radical (unpaired) electrons. The summed E-state index contributed by atoms with van der Waals surface area (Å²) in [5.41, 5.74) is 2.39. The molecule has 160 valence electrons. The van der Waals surface area contributed by atoms with Crippen molar-refractivity contribution in [3.05, 3.63) is 94.3 Å². The number of nitrogens with one attached hydrogen (secondary N) is 1. The van der Waals surface area contributed by atoms with Crippen LogP contribution in [0.25, 0.3) is 10.2 Å². The fourth-order valence-electron chi connectivity index (χ4n) is 3.25. The number of methoxy groups -OCH3 is 1. The molecule has 0 aliphatic heterocycles. The molecule has 6 nitrogen and oxygen atoms in total. The number of hydrogen-bond acceptors (Lipinski definition) is 5. The third kappa shape index (κ3) is 4.37. The number of benzene rings is 3. The van der Waals surface area contributed by atoms with E-state index in [1.54, 1.807) is 43.5 Å². The number of carbonyl (C=O) groups is 2. The summed E-state index contributed by atoms with van der Waals surface area (Å²) in [6, 6.07) is 21.2. The topological polar surface area (TPSA) is 72.7 Å². The number of thiocarbonyl (C=S) groups is 1. The van der Waals surface area contributed by atoms with Crippen LogP contribution in [0.3, 0.4) is 0 Å². The molecule has 0 saturated carbocycles. The lowest BCUT2D eigenvalue weighted by molar-refractivity contribution is 0.0975. The van der Waals surface area contributed by atoms with E-state index in [0.29, 0.717) is 21.5 Å². The van der Waals surface area contributed by atoms with Gasteiger partial charge in [0.25, 0.3) is 5.91 Å². The molecule has 1 heterocycles. The number of fused-ring (bicyclic) bond motifs is 1. The van der Waals surface area contributed by atoms with Crippen LogP contribution in [-0.4, -0.2) is 28.5 Å². The Labute approximate surface area is 193 Å². The highest BCUT2D eigenvalue weighted by molar-refractivity contribution is 7.80. The number of amides is 1. The van der Waals surface area contributed by atoms with E-state index in [1.807, 2.05) is 48.0 Å². The van der Waals surface area contributed by atoms with Crippen molar-refractivity contribution in [3.63, 3.8) is 0 Å². The third-order valence-corrected chi connectivity index (χ3v) is 6.16. The summed E-state index contributed by atoms with van der Waals surface area (Å²) < 4.78 is 8.30. The molecule has 3 aromatic carbocycles. The second kappa shape index (κ2) is 9.25. The first-order valence-corrected chi connectivity index (χ1v) is 10.9. The van der Waals surface area contributed by atoms with Crippen LogP contribution in [0.5, 0.6) is 5.75 Å². The van der Waals surface area contributed by atoms with Crippen LogP contribution in [0, 0.1) is 0 Å². The predicted molar refractivity (Wildman–Crippen MR) is 129 cm³/mol. The zero-order valence-electron chi connectivity index (χ0n) is 17.4. The first-order valence-electron chi connectivity index (χ1n) is 9.70. The minimum absolute atomic E-state index is 0.0561. The Bertz CT molecular complexity index is 1390. The van der Waals surface area contributed by atoms with Gasteiger partial charge in [-0.2, -0.15) is 4.99 Å². The molecular weight excluding hydrogens is 442 g/mol. The maximum Gasteiger partial charge on any atom is 0.257 e. The number of hydrogen-bond donors (Lipinski definition) is 1. The van der Waals surface area contributed by atoms with E-state index >= 15 is 0 Å². The average Bonchev–Trinajstić information content (AvgIpc) is 3.14. The van der Waals surface area contributed by atoms with Gasteiger partial charge >= 0.3 is 0 Å². The molecule has 8 heteroatoms. The van der Waals surface area contributed by atoms with Gasteiger partial charge in [-0.15, -0.1) is 0 Å². The second-order valence-corrected chi connectivity index (χ2v) is 8.29.